The molecule has 2 nitrogen and oxygen atoms in total. The molecule has 0 aliphatic heterocycles. The minimum absolute atomic E-state index is 0.374. The number of halogens is 2. The topological polar surface area (TPSA) is 29.5 Å². The Labute approximate surface area is 113 Å². The molecule has 1 atom stereocenters. The van der Waals surface area contributed by atoms with Gasteiger partial charge in [-0.2, -0.15) is 0 Å². The van der Waals surface area contributed by atoms with Gasteiger partial charge in [0.25, 0.3) is 0 Å². The van der Waals surface area contributed by atoms with Crippen LogP contribution in [0.25, 0.3) is 0 Å². The monoisotopic (exact) mass is 310 g/mol. The highest BCUT2D eigenvalue weighted by atomic mass is 79.9. The maximum atomic E-state index is 13.2. The van der Waals surface area contributed by atoms with Crippen LogP contribution in [0, 0.1) is 5.82 Å². The predicted molar refractivity (Wildman–Crippen MR) is 71.2 cm³/mol. The van der Waals surface area contributed by atoms with Crippen LogP contribution in [0.3, 0.4) is 0 Å². The second-order valence-electron chi connectivity index (χ2n) is 3.84. The molecule has 2 aromatic carbocycles. The van der Waals surface area contributed by atoms with E-state index in [-0.39, 0.29) is 5.82 Å². The van der Waals surface area contributed by atoms with Gasteiger partial charge in [0.05, 0.1) is 7.11 Å². The zero-order valence-corrected chi connectivity index (χ0v) is 11.3. The second-order valence-corrected chi connectivity index (χ2v) is 4.70. The van der Waals surface area contributed by atoms with Gasteiger partial charge in [0.2, 0.25) is 0 Å². The quantitative estimate of drug-likeness (QED) is 0.937. The number of hydrogen-bond donors (Lipinski definition) is 1. The van der Waals surface area contributed by atoms with Crippen LogP contribution in [0.5, 0.6) is 5.75 Å². The summed E-state index contributed by atoms with van der Waals surface area (Å²) in [5.74, 6) is 0.338. The van der Waals surface area contributed by atoms with Crippen LogP contribution in [-0.2, 0) is 0 Å². The van der Waals surface area contributed by atoms with Crippen LogP contribution in [0.2, 0.25) is 0 Å². The molecular weight excluding hydrogens is 299 g/mol. The number of ether oxygens (including phenoxy) is 1. The summed E-state index contributed by atoms with van der Waals surface area (Å²) in [5, 5.41) is 10.2. The van der Waals surface area contributed by atoms with E-state index < -0.39 is 6.10 Å². The highest BCUT2D eigenvalue weighted by Gasteiger charge is 2.14. The van der Waals surface area contributed by atoms with Crippen molar-refractivity contribution in [3.63, 3.8) is 0 Å². The molecule has 1 unspecified atom stereocenters. The summed E-state index contributed by atoms with van der Waals surface area (Å²) >= 11 is 3.31. The predicted octanol–water partition coefficient (Wildman–Crippen LogP) is 3.68. The molecule has 94 valence electrons. The smallest absolute Gasteiger partial charge is 0.123 e. The molecule has 0 spiro atoms. The summed E-state index contributed by atoms with van der Waals surface area (Å²) in [4.78, 5) is 0. The summed E-state index contributed by atoms with van der Waals surface area (Å²) in [7, 11) is 1.58. The number of methoxy groups -OCH3 is 1. The van der Waals surface area contributed by atoms with Crippen molar-refractivity contribution in [2.75, 3.05) is 7.11 Å². The van der Waals surface area contributed by atoms with Gasteiger partial charge in [0.15, 0.2) is 0 Å². The van der Waals surface area contributed by atoms with Crippen molar-refractivity contribution in [3.8, 4) is 5.75 Å². The average molecular weight is 311 g/mol. The van der Waals surface area contributed by atoms with Crippen molar-refractivity contribution in [2.45, 2.75) is 6.10 Å². The Morgan fingerprint density at radius 1 is 1.17 bits per heavy atom. The third-order valence-electron chi connectivity index (χ3n) is 2.68. The summed E-state index contributed by atoms with van der Waals surface area (Å²) in [6, 6.07) is 11.3. The molecule has 0 fully saturated rings. The lowest BCUT2D eigenvalue weighted by molar-refractivity contribution is 0.219. The summed E-state index contributed by atoms with van der Waals surface area (Å²) in [6.07, 6.45) is -0.874. The maximum absolute atomic E-state index is 13.2. The molecule has 0 saturated carbocycles. The van der Waals surface area contributed by atoms with E-state index in [9.17, 15) is 9.50 Å². The van der Waals surface area contributed by atoms with Gasteiger partial charge < -0.3 is 9.84 Å². The van der Waals surface area contributed by atoms with Gasteiger partial charge in [-0.15, -0.1) is 0 Å². The van der Waals surface area contributed by atoms with Crippen LogP contribution in [0.15, 0.2) is 46.9 Å². The molecule has 0 bridgehead atoms. The summed E-state index contributed by atoms with van der Waals surface area (Å²) in [6.45, 7) is 0. The van der Waals surface area contributed by atoms with Crippen LogP contribution in [0.4, 0.5) is 4.39 Å². The first kappa shape index (κ1) is 13.1. The SMILES string of the molecule is COc1ccc(C(O)c2cc(F)ccc2Br)cc1. The molecule has 0 aliphatic carbocycles. The van der Waals surface area contributed by atoms with Gasteiger partial charge in [-0.1, -0.05) is 28.1 Å². The third kappa shape index (κ3) is 2.71. The van der Waals surface area contributed by atoms with E-state index >= 15 is 0 Å². The van der Waals surface area contributed by atoms with Crippen LogP contribution in [-0.4, -0.2) is 12.2 Å². The summed E-state index contributed by atoms with van der Waals surface area (Å²) < 4.78 is 18.9. The first-order valence-electron chi connectivity index (χ1n) is 5.39. The lowest BCUT2D eigenvalue weighted by Crippen LogP contribution is -2.01. The second kappa shape index (κ2) is 5.50. The molecule has 0 amide bonds. The van der Waals surface area contributed by atoms with Gasteiger partial charge in [0, 0.05) is 10.0 Å². The fourth-order valence-corrected chi connectivity index (χ4v) is 2.15. The fourth-order valence-electron chi connectivity index (χ4n) is 1.69. The first-order valence-corrected chi connectivity index (χ1v) is 6.18. The van der Waals surface area contributed by atoms with E-state index in [0.29, 0.717) is 21.3 Å². The van der Waals surface area contributed by atoms with E-state index in [1.54, 1.807) is 37.4 Å². The molecule has 0 heterocycles. The van der Waals surface area contributed by atoms with Crippen molar-refractivity contribution in [2.24, 2.45) is 0 Å². The minimum atomic E-state index is -0.874. The molecule has 0 aromatic heterocycles. The fraction of sp³-hybridized carbons (Fsp3) is 0.143. The Hall–Kier alpha value is -1.39. The largest absolute Gasteiger partial charge is 0.497 e. The Balaban J connectivity index is 2.34. The maximum Gasteiger partial charge on any atom is 0.123 e. The Kier molecular flexibility index (Phi) is 3.99. The van der Waals surface area contributed by atoms with E-state index in [1.807, 2.05) is 0 Å². The molecule has 2 rings (SSSR count). The van der Waals surface area contributed by atoms with Gasteiger partial charge >= 0.3 is 0 Å². The van der Waals surface area contributed by atoms with Crippen molar-refractivity contribution in [1.29, 1.82) is 0 Å². The molecular formula is C14H12BrFO2. The number of hydrogen-bond acceptors (Lipinski definition) is 2. The van der Waals surface area contributed by atoms with Crippen molar-refractivity contribution in [1.82, 2.24) is 0 Å². The standard InChI is InChI=1S/C14H12BrFO2/c1-18-11-5-2-9(3-6-11)14(17)12-8-10(16)4-7-13(12)15/h2-8,14,17H,1H3. The van der Waals surface area contributed by atoms with Crippen molar-refractivity contribution >= 4 is 15.9 Å². The van der Waals surface area contributed by atoms with Gasteiger partial charge in [-0.05, 0) is 35.9 Å². The highest BCUT2D eigenvalue weighted by molar-refractivity contribution is 9.10. The number of benzene rings is 2. The van der Waals surface area contributed by atoms with Gasteiger partial charge in [-0.25, -0.2) is 4.39 Å². The summed E-state index contributed by atoms with van der Waals surface area (Å²) in [5.41, 5.74) is 1.18. The molecule has 1 N–H and O–H groups in total. The van der Waals surface area contributed by atoms with Gasteiger partial charge in [-0.3, -0.25) is 0 Å². The number of aliphatic hydroxyl groups is 1. The Bertz CT molecular complexity index is 540. The molecule has 0 aliphatic rings. The van der Waals surface area contributed by atoms with Crippen LogP contribution >= 0.6 is 15.9 Å². The molecule has 0 radical (unpaired) electrons. The van der Waals surface area contributed by atoms with E-state index in [1.165, 1.54) is 12.1 Å². The third-order valence-corrected chi connectivity index (χ3v) is 3.41. The van der Waals surface area contributed by atoms with Crippen LogP contribution < -0.4 is 4.74 Å². The molecule has 4 heteroatoms. The first-order chi connectivity index (χ1) is 8.61. The van der Waals surface area contributed by atoms with Crippen molar-refractivity contribution < 1.29 is 14.2 Å². The van der Waals surface area contributed by atoms with Gasteiger partial charge in [0.1, 0.15) is 17.7 Å². The number of rotatable bonds is 3. The average Bonchev–Trinajstić information content (AvgIpc) is 2.41. The lowest BCUT2D eigenvalue weighted by Gasteiger charge is -2.14. The molecule has 0 saturated heterocycles. The number of aliphatic hydroxyl groups excluding tert-OH is 1. The van der Waals surface area contributed by atoms with E-state index in [2.05, 4.69) is 15.9 Å². The zero-order chi connectivity index (χ0) is 13.1. The minimum Gasteiger partial charge on any atom is -0.497 e. The Morgan fingerprint density at radius 2 is 1.83 bits per heavy atom. The van der Waals surface area contributed by atoms with Crippen LogP contribution in [0.1, 0.15) is 17.2 Å². The Morgan fingerprint density at radius 3 is 2.44 bits per heavy atom. The highest BCUT2D eigenvalue weighted by Crippen LogP contribution is 2.29. The van der Waals surface area contributed by atoms with E-state index in [4.69, 9.17) is 4.74 Å². The normalized spacial score (nSPS) is 12.2. The zero-order valence-electron chi connectivity index (χ0n) is 9.73. The molecule has 2 aromatic rings. The molecule has 18 heavy (non-hydrogen) atoms. The van der Waals surface area contributed by atoms with Crippen molar-refractivity contribution in [3.05, 3.63) is 63.9 Å². The van der Waals surface area contributed by atoms with E-state index in [0.717, 1.165) is 0 Å². The lowest BCUT2D eigenvalue weighted by atomic mass is 10.0.